The van der Waals surface area contributed by atoms with E-state index in [1.54, 1.807) is 0 Å². The molecule has 0 heterocycles. The molecule has 2 aromatic carbocycles. The van der Waals surface area contributed by atoms with E-state index in [0.29, 0.717) is 0 Å². The molecule has 0 aliphatic rings. The fraction of sp³-hybridized carbons (Fsp3) is 0.294. The van der Waals surface area contributed by atoms with Gasteiger partial charge in [-0.15, -0.1) is 0 Å². The van der Waals surface area contributed by atoms with Crippen LogP contribution < -0.4 is 5.73 Å². The molecule has 2 N–H and O–H groups in total. The predicted molar refractivity (Wildman–Crippen MR) is 91.4 cm³/mol. The van der Waals surface area contributed by atoms with Gasteiger partial charge in [-0.25, -0.2) is 0 Å². The standard InChI is InChI=1S/C17H20BrNS/c1-3-15(19)10-13-7-8-14(18)11-17(13)20-16-6-4-5-12(2)9-16/h4-9,11,15H,3,10,19H2,1-2H3. The lowest BCUT2D eigenvalue weighted by Crippen LogP contribution is -2.21. The van der Waals surface area contributed by atoms with Crippen molar-refractivity contribution < 1.29 is 0 Å². The molecule has 0 bridgehead atoms. The summed E-state index contributed by atoms with van der Waals surface area (Å²) in [5.74, 6) is 0. The van der Waals surface area contributed by atoms with Crippen LogP contribution >= 0.6 is 27.7 Å². The molecule has 1 unspecified atom stereocenters. The van der Waals surface area contributed by atoms with E-state index in [0.717, 1.165) is 17.3 Å². The van der Waals surface area contributed by atoms with Gasteiger partial charge < -0.3 is 5.73 Å². The number of halogens is 1. The van der Waals surface area contributed by atoms with Crippen LogP contribution in [0, 0.1) is 6.92 Å². The Morgan fingerprint density at radius 3 is 2.70 bits per heavy atom. The minimum atomic E-state index is 0.230. The molecule has 106 valence electrons. The Morgan fingerprint density at radius 2 is 2.00 bits per heavy atom. The normalized spacial score (nSPS) is 12.4. The third kappa shape index (κ3) is 4.37. The molecule has 0 amide bonds. The third-order valence-electron chi connectivity index (χ3n) is 3.25. The Morgan fingerprint density at radius 1 is 1.20 bits per heavy atom. The van der Waals surface area contributed by atoms with Crippen molar-refractivity contribution >= 4 is 27.7 Å². The molecule has 0 spiro atoms. The van der Waals surface area contributed by atoms with Gasteiger partial charge in [-0.3, -0.25) is 0 Å². The second kappa shape index (κ2) is 7.30. The fourth-order valence-electron chi connectivity index (χ4n) is 2.02. The van der Waals surface area contributed by atoms with Crippen molar-refractivity contribution in [1.29, 1.82) is 0 Å². The van der Waals surface area contributed by atoms with Crippen molar-refractivity contribution in [2.75, 3.05) is 0 Å². The lowest BCUT2D eigenvalue weighted by molar-refractivity contribution is 0.641. The largest absolute Gasteiger partial charge is 0.327 e. The Labute approximate surface area is 134 Å². The van der Waals surface area contributed by atoms with Gasteiger partial charge in [0.15, 0.2) is 0 Å². The molecule has 1 atom stereocenters. The molecular formula is C17H20BrNS. The summed E-state index contributed by atoms with van der Waals surface area (Å²) in [6.45, 7) is 4.26. The molecule has 0 saturated heterocycles. The van der Waals surface area contributed by atoms with E-state index in [2.05, 4.69) is 72.2 Å². The number of hydrogen-bond acceptors (Lipinski definition) is 2. The summed E-state index contributed by atoms with van der Waals surface area (Å²) < 4.78 is 1.11. The molecule has 0 saturated carbocycles. The van der Waals surface area contributed by atoms with Crippen LogP contribution in [-0.2, 0) is 6.42 Å². The highest BCUT2D eigenvalue weighted by atomic mass is 79.9. The van der Waals surface area contributed by atoms with Crippen LogP contribution in [0.5, 0.6) is 0 Å². The van der Waals surface area contributed by atoms with Gasteiger partial charge in [-0.05, 0) is 49.6 Å². The van der Waals surface area contributed by atoms with Crippen molar-refractivity contribution in [3.05, 3.63) is 58.1 Å². The van der Waals surface area contributed by atoms with E-state index in [1.165, 1.54) is 20.9 Å². The Bertz CT molecular complexity index is 583. The van der Waals surface area contributed by atoms with Gasteiger partial charge in [-0.2, -0.15) is 0 Å². The van der Waals surface area contributed by atoms with Gasteiger partial charge in [0.2, 0.25) is 0 Å². The van der Waals surface area contributed by atoms with Crippen LogP contribution in [0.25, 0.3) is 0 Å². The summed E-state index contributed by atoms with van der Waals surface area (Å²) in [7, 11) is 0. The molecule has 2 rings (SSSR count). The highest BCUT2D eigenvalue weighted by Crippen LogP contribution is 2.33. The van der Waals surface area contributed by atoms with E-state index < -0.39 is 0 Å². The van der Waals surface area contributed by atoms with Crippen LogP contribution in [0.2, 0.25) is 0 Å². The van der Waals surface area contributed by atoms with E-state index >= 15 is 0 Å². The van der Waals surface area contributed by atoms with Crippen LogP contribution in [0.15, 0.2) is 56.7 Å². The maximum Gasteiger partial charge on any atom is 0.0186 e. The van der Waals surface area contributed by atoms with Gasteiger partial charge in [0.05, 0.1) is 0 Å². The lowest BCUT2D eigenvalue weighted by atomic mass is 10.1. The summed E-state index contributed by atoms with van der Waals surface area (Å²) in [4.78, 5) is 2.56. The van der Waals surface area contributed by atoms with Crippen LogP contribution in [0.4, 0.5) is 0 Å². The second-order valence-electron chi connectivity index (χ2n) is 5.04. The average molecular weight is 350 g/mol. The monoisotopic (exact) mass is 349 g/mol. The number of hydrogen-bond donors (Lipinski definition) is 1. The Hall–Kier alpha value is -0.770. The SMILES string of the molecule is CCC(N)Cc1ccc(Br)cc1Sc1cccc(C)c1. The maximum atomic E-state index is 6.11. The summed E-state index contributed by atoms with van der Waals surface area (Å²) in [5, 5.41) is 0. The summed E-state index contributed by atoms with van der Waals surface area (Å²) in [6.07, 6.45) is 1.93. The minimum absolute atomic E-state index is 0.230. The lowest BCUT2D eigenvalue weighted by Gasteiger charge is -2.14. The number of rotatable bonds is 5. The van der Waals surface area contributed by atoms with E-state index in [1.807, 2.05) is 11.8 Å². The van der Waals surface area contributed by atoms with Crippen LogP contribution in [0.1, 0.15) is 24.5 Å². The zero-order valence-electron chi connectivity index (χ0n) is 11.9. The molecule has 20 heavy (non-hydrogen) atoms. The highest BCUT2D eigenvalue weighted by Gasteiger charge is 2.09. The fourth-order valence-corrected chi connectivity index (χ4v) is 3.65. The van der Waals surface area contributed by atoms with Crippen molar-refractivity contribution in [2.45, 2.75) is 42.5 Å². The zero-order chi connectivity index (χ0) is 14.5. The molecule has 1 nitrogen and oxygen atoms in total. The first-order valence-electron chi connectivity index (χ1n) is 6.87. The van der Waals surface area contributed by atoms with Gasteiger partial charge in [-0.1, -0.05) is 58.4 Å². The first kappa shape index (κ1) is 15.6. The number of benzene rings is 2. The average Bonchev–Trinajstić information content (AvgIpc) is 2.41. The first-order valence-corrected chi connectivity index (χ1v) is 8.48. The molecule has 2 aromatic rings. The van der Waals surface area contributed by atoms with Crippen molar-refractivity contribution in [2.24, 2.45) is 5.73 Å². The summed E-state index contributed by atoms with van der Waals surface area (Å²) in [5.41, 5.74) is 8.72. The van der Waals surface area contributed by atoms with Gasteiger partial charge in [0.25, 0.3) is 0 Å². The number of aryl methyl sites for hydroxylation is 1. The van der Waals surface area contributed by atoms with Crippen LogP contribution in [-0.4, -0.2) is 6.04 Å². The van der Waals surface area contributed by atoms with E-state index in [-0.39, 0.29) is 6.04 Å². The third-order valence-corrected chi connectivity index (χ3v) is 4.84. The quantitative estimate of drug-likeness (QED) is 0.803. The second-order valence-corrected chi connectivity index (χ2v) is 7.07. The first-order chi connectivity index (χ1) is 9.58. The smallest absolute Gasteiger partial charge is 0.0186 e. The molecule has 0 aliphatic carbocycles. The highest BCUT2D eigenvalue weighted by molar-refractivity contribution is 9.10. The van der Waals surface area contributed by atoms with Gasteiger partial charge in [0, 0.05) is 20.3 Å². The molecule has 0 radical (unpaired) electrons. The van der Waals surface area contributed by atoms with Gasteiger partial charge in [0.1, 0.15) is 0 Å². The molecular weight excluding hydrogens is 330 g/mol. The van der Waals surface area contributed by atoms with Crippen molar-refractivity contribution in [3.63, 3.8) is 0 Å². The van der Waals surface area contributed by atoms with Gasteiger partial charge >= 0.3 is 0 Å². The zero-order valence-corrected chi connectivity index (χ0v) is 14.3. The molecule has 0 aromatic heterocycles. The van der Waals surface area contributed by atoms with E-state index in [9.17, 15) is 0 Å². The molecule has 3 heteroatoms. The Balaban J connectivity index is 2.27. The van der Waals surface area contributed by atoms with Crippen molar-refractivity contribution in [1.82, 2.24) is 0 Å². The predicted octanol–water partition coefficient (Wildman–Crippen LogP) is 5.19. The summed E-state index contributed by atoms with van der Waals surface area (Å²) >= 11 is 5.37. The molecule has 0 aliphatic heterocycles. The maximum absolute atomic E-state index is 6.11. The number of nitrogens with two attached hydrogens (primary N) is 1. The Kier molecular flexibility index (Phi) is 5.70. The van der Waals surface area contributed by atoms with E-state index in [4.69, 9.17) is 5.73 Å². The molecule has 0 fully saturated rings. The topological polar surface area (TPSA) is 26.0 Å². The van der Waals surface area contributed by atoms with Crippen molar-refractivity contribution in [3.8, 4) is 0 Å². The van der Waals surface area contributed by atoms with Crippen LogP contribution in [0.3, 0.4) is 0 Å². The minimum Gasteiger partial charge on any atom is -0.327 e. The summed E-state index contributed by atoms with van der Waals surface area (Å²) in [6, 6.07) is 15.3.